The van der Waals surface area contributed by atoms with Crippen LogP contribution in [-0.4, -0.2) is 5.97 Å². The topological polar surface area (TPSA) is 26.3 Å². The maximum Gasteiger partial charge on any atom is 0.316 e. The molecule has 0 saturated heterocycles. The van der Waals surface area contributed by atoms with Crippen molar-refractivity contribution in [3.05, 3.63) is 46.7 Å². The normalized spacial score (nSPS) is 25.8. The highest BCUT2D eigenvalue weighted by molar-refractivity contribution is 5.76. The van der Waals surface area contributed by atoms with Gasteiger partial charge < -0.3 is 4.74 Å². The SMILES string of the molecule is CC(C)=C(OC(=O)C(C)(C)C)C1[C@H]2c3ccccc3CC[C@@H]12. The molecule has 2 heteroatoms. The zero-order valence-corrected chi connectivity index (χ0v) is 14.3. The molecule has 22 heavy (non-hydrogen) atoms. The van der Waals surface area contributed by atoms with Gasteiger partial charge >= 0.3 is 5.97 Å². The Morgan fingerprint density at radius 3 is 2.50 bits per heavy atom. The van der Waals surface area contributed by atoms with Crippen molar-refractivity contribution in [3.63, 3.8) is 0 Å². The lowest BCUT2D eigenvalue weighted by atomic mass is 9.92. The fraction of sp³-hybridized carbons (Fsp3) is 0.550. The average molecular weight is 298 g/mol. The summed E-state index contributed by atoms with van der Waals surface area (Å²) in [7, 11) is 0. The highest BCUT2D eigenvalue weighted by Crippen LogP contribution is 2.63. The van der Waals surface area contributed by atoms with E-state index in [1.165, 1.54) is 17.5 Å². The van der Waals surface area contributed by atoms with Crippen LogP contribution in [0.15, 0.2) is 35.6 Å². The van der Waals surface area contributed by atoms with Crippen molar-refractivity contribution >= 4 is 5.97 Å². The summed E-state index contributed by atoms with van der Waals surface area (Å²) in [6.45, 7) is 9.84. The van der Waals surface area contributed by atoms with Gasteiger partial charge in [-0.05, 0) is 76.0 Å². The molecule has 2 aliphatic rings. The molecule has 1 fully saturated rings. The molecule has 0 spiro atoms. The standard InChI is InChI=1S/C20H26O2/c1-12(2)18(22-19(21)20(3,4)5)17-15-11-10-13-8-6-7-9-14(13)16(15)17/h6-9,15-17H,10-11H2,1-5H3/t15-,16+,17?/m1/s1. The van der Waals surface area contributed by atoms with Gasteiger partial charge in [-0.2, -0.15) is 0 Å². The second-order valence-electron chi connectivity index (χ2n) is 7.96. The molecule has 2 aliphatic carbocycles. The monoisotopic (exact) mass is 298 g/mol. The molecule has 2 nitrogen and oxygen atoms in total. The molecule has 0 bridgehead atoms. The first-order valence-electron chi connectivity index (χ1n) is 8.28. The Morgan fingerprint density at radius 1 is 1.18 bits per heavy atom. The van der Waals surface area contributed by atoms with Crippen molar-refractivity contribution in [1.82, 2.24) is 0 Å². The lowest BCUT2D eigenvalue weighted by Gasteiger charge is -2.19. The first kappa shape index (κ1) is 15.3. The molecule has 0 radical (unpaired) electrons. The van der Waals surface area contributed by atoms with Crippen molar-refractivity contribution < 1.29 is 9.53 Å². The quantitative estimate of drug-likeness (QED) is 0.576. The van der Waals surface area contributed by atoms with Crippen molar-refractivity contribution in [2.45, 2.75) is 53.4 Å². The number of carbonyl (C=O) groups is 1. The minimum absolute atomic E-state index is 0.124. The summed E-state index contributed by atoms with van der Waals surface area (Å²) in [5, 5.41) is 0. The molecular formula is C20H26O2. The van der Waals surface area contributed by atoms with Gasteiger partial charge in [0.2, 0.25) is 0 Å². The Hall–Kier alpha value is -1.57. The van der Waals surface area contributed by atoms with Gasteiger partial charge in [0.25, 0.3) is 0 Å². The van der Waals surface area contributed by atoms with E-state index in [9.17, 15) is 4.79 Å². The van der Waals surface area contributed by atoms with Crippen LogP contribution < -0.4 is 0 Å². The molecule has 0 aliphatic heterocycles. The number of allylic oxidation sites excluding steroid dienone is 2. The van der Waals surface area contributed by atoms with Crippen molar-refractivity contribution in [2.75, 3.05) is 0 Å². The van der Waals surface area contributed by atoms with E-state index in [1.807, 2.05) is 20.8 Å². The first-order chi connectivity index (χ1) is 10.3. The van der Waals surface area contributed by atoms with Crippen molar-refractivity contribution in [2.24, 2.45) is 17.3 Å². The van der Waals surface area contributed by atoms with Crippen molar-refractivity contribution in [3.8, 4) is 0 Å². The van der Waals surface area contributed by atoms with Crippen LogP contribution in [0, 0.1) is 17.3 Å². The molecule has 3 atom stereocenters. The Morgan fingerprint density at radius 2 is 1.86 bits per heavy atom. The van der Waals surface area contributed by atoms with E-state index in [4.69, 9.17) is 4.74 Å². The van der Waals surface area contributed by atoms with Gasteiger partial charge in [-0.15, -0.1) is 0 Å². The van der Waals surface area contributed by atoms with Gasteiger partial charge in [0.05, 0.1) is 5.41 Å². The van der Waals surface area contributed by atoms with Crippen LogP contribution in [0.5, 0.6) is 0 Å². The molecule has 1 aromatic carbocycles. The minimum Gasteiger partial charge on any atom is -0.430 e. The van der Waals surface area contributed by atoms with Crippen LogP contribution in [0.3, 0.4) is 0 Å². The predicted molar refractivity (Wildman–Crippen MR) is 88.4 cm³/mol. The zero-order chi connectivity index (χ0) is 16.1. The van der Waals surface area contributed by atoms with Crippen LogP contribution in [0.25, 0.3) is 0 Å². The van der Waals surface area contributed by atoms with Gasteiger partial charge in [0, 0.05) is 5.92 Å². The average Bonchev–Trinajstić information content (AvgIpc) is 3.17. The lowest BCUT2D eigenvalue weighted by Crippen LogP contribution is -2.23. The Balaban J connectivity index is 1.85. The fourth-order valence-electron chi connectivity index (χ4n) is 3.68. The number of carbonyl (C=O) groups excluding carboxylic acids is 1. The lowest BCUT2D eigenvalue weighted by molar-refractivity contribution is -0.149. The maximum absolute atomic E-state index is 12.3. The van der Waals surface area contributed by atoms with E-state index in [1.54, 1.807) is 0 Å². The Labute approximate surface area is 133 Å². The van der Waals surface area contributed by atoms with Gasteiger partial charge in [0.15, 0.2) is 0 Å². The van der Waals surface area contributed by atoms with E-state index in [0.29, 0.717) is 17.8 Å². The Bertz CT molecular complexity index is 629. The fourth-order valence-corrected chi connectivity index (χ4v) is 3.68. The van der Waals surface area contributed by atoms with Crippen LogP contribution in [0.4, 0.5) is 0 Å². The predicted octanol–water partition coefficient (Wildman–Crippen LogP) is 4.85. The second kappa shape index (κ2) is 5.26. The van der Waals surface area contributed by atoms with E-state index < -0.39 is 5.41 Å². The van der Waals surface area contributed by atoms with E-state index in [2.05, 4.69) is 38.1 Å². The van der Waals surface area contributed by atoms with E-state index in [-0.39, 0.29) is 5.97 Å². The third-order valence-corrected chi connectivity index (χ3v) is 4.94. The minimum atomic E-state index is -0.460. The zero-order valence-electron chi connectivity index (χ0n) is 14.3. The summed E-state index contributed by atoms with van der Waals surface area (Å²) in [5.74, 6) is 2.38. The molecule has 118 valence electrons. The summed E-state index contributed by atoms with van der Waals surface area (Å²) in [5.41, 5.74) is 3.61. The van der Waals surface area contributed by atoms with Crippen LogP contribution in [0.2, 0.25) is 0 Å². The number of fused-ring (bicyclic) bond motifs is 3. The summed E-state index contributed by atoms with van der Waals surface area (Å²) in [4.78, 5) is 12.3. The smallest absolute Gasteiger partial charge is 0.316 e. The number of ether oxygens (including phenoxy) is 1. The third kappa shape index (κ3) is 2.60. The van der Waals surface area contributed by atoms with Crippen LogP contribution in [0.1, 0.15) is 58.1 Å². The van der Waals surface area contributed by atoms with Crippen molar-refractivity contribution in [1.29, 1.82) is 0 Å². The summed E-state index contributed by atoms with van der Waals surface area (Å²) >= 11 is 0. The number of esters is 1. The van der Waals surface area contributed by atoms with Gasteiger partial charge in [-0.3, -0.25) is 4.79 Å². The first-order valence-corrected chi connectivity index (χ1v) is 8.28. The largest absolute Gasteiger partial charge is 0.430 e. The number of benzene rings is 1. The number of hydrogen-bond acceptors (Lipinski definition) is 2. The maximum atomic E-state index is 12.3. The van der Waals surface area contributed by atoms with Crippen LogP contribution in [-0.2, 0) is 16.0 Å². The molecule has 0 heterocycles. The Kier molecular flexibility index (Phi) is 3.66. The summed E-state index contributed by atoms with van der Waals surface area (Å²) in [6.07, 6.45) is 2.35. The molecular weight excluding hydrogens is 272 g/mol. The van der Waals surface area contributed by atoms with Gasteiger partial charge in [0.1, 0.15) is 5.76 Å². The summed E-state index contributed by atoms with van der Waals surface area (Å²) < 4.78 is 5.85. The molecule has 0 amide bonds. The third-order valence-electron chi connectivity index (χ3n) is 4.94. The summed E-state index contributed by atoms with van der Waals surface area (Å²) in [6, 6.07) is 8.74. The molecule has 1 unspecified atom stereocenters. The van der Waals surface area contributed by atoms with Gasteiger partial charge in [-0.25, -0.2) is 0 Å². The highest BCUT2D eigenvalue weighted by Gasteiger charge is 2.56. The van der Waals surface area contributed by atoms with Gasteiger partial charge in [-0.1, -0.05) is 24.3 Å². The number of aryl methyl sites for hydroxylation is 1. The van der Waals surface area contributed by atoms with E-state index >= 15 is 0 Å². The highest BCUT2D eigenvalue weighted by atomic mass is 16.5. The molecule has 1 saturated carbocycles. The second-order valence-corrected chi connectivity index (χ2v) is 7.96. The number of hydrogen-bond donors (Lipinski definition) is 0. The molecule has 3 rings (SSSR count). The number of rotatable bonds is 2. The van der Waals surface area contributed by atoms with E-state index in [0.717, 1.165) is 17.8 Å². The van der Waals surface area contributed by atoms with Crippen LogP contribution >= 0.6 is 0 Å². The molecule has 0 N–H and O–H groups in total. The molecule has 0 aromatic heterocycles. The molecule has 1 aromatic rings.